The molecule has 3 heteroatoms. The first-order valence-electron chi connectivity index (χ1n) is 5.98. The molecule has 1 saturated carbocycles. The van der Waals surface area contributed by atoms with Crippen molar-refractivity contribution in [3.8, 4) is 0 Å². The highest BCUT2D eigenvalue weighted by molar-refractivity contribution is 5.81. The van der Waals surface area contributed by atoms with Crippen LogP contribution in [0.5, 0.6) is 0 Å². The van der Waals surface area contributed by atoms with Gasteiger partial charge in [0.15, 0.2) is 0 Å². The standard InChI is InChI=1S/C12H24N2O/c1-9(2)10(13)11(15)14-8-12(3)6-4-5-7-12/h9-10H,4-8,13H2,1-3H3,(H,14,15)/t10-/m0/s1. The molecule has 1 aliphatic carbocycles. The summed E-state index contributed by atoms with van der Waals surface area (Å²) in [5, 5.41) is 2.98. The minimum absolute atomic E-state index is 0.00174. The summed E-state index contributed by atoms with van der Waals surface area (Å²) in [4.78, 5) is 11.6. The van der Waals surface area contributed by atoms with Crippen molar-refractivity contribution in [3.05, 3.63) is 0 Å². The normalized spacial score (nSPS) is 21.7. The van der Waals surface area contributed by atoms with Gasteiger partial charge in [-0.1, -0.05) is 33.6 Å². The van der Waals surface area contributed by atoms with Gasteiger partial charge in [-0.25, -0.2) is 0 Å². The number of rotatable bonds is 4. The van der Waals surface area contributed by atoms with E-state index in [9.17, 15) is 4.79 Å². The first-order valence-corrected chi connectivity index (χ1v) is 5.98. The topological polar surface area (TPSA) is 55.1 Å². The van der Waals surface area contributed by atoms with E-state index in [1.54, 1.807) is 0 Å². The molecule has 0 aromatic heterocycles. The van der Waals surface area contributed by atoms with Gasteiger partial charge in [0.2, 0.25) is 5.91 Å². The van der Waals surface area contributed by atoms with E-state index in [2.05, 4.69) is 12.2 Å². The third kappa shape index (κ3) is 3.49. The van der Waals surface area contributed by atoms with Crippen LogP contribution in [0.3, 0.4) is 0 Å². The zero-order valence-electron chi connectivity index (χ0n) is 10.2. The van der Waals surface area contributed by atoms with E-state index in [1.807, 2.05) is 13.8 Å². The van der Waals surface area contributed by atoms with Crippen molar-refractivity contribution in [3.63, 3.8) is 0 Å². The van der Waals surface area contributed by atoms with Crippen molar-refractivity contribution >= 4 is 5.91 Å². The van der Waals surface area contributed by atoms with Crippen LogP contribution < -0.4 is 11.1 Å². The molecule has 0 spiro atoms. The highest BCUT2D eigenvalue weighted by Gasteiger charge is 2.29. The second kappa shape index (κ2) is 4.97. The lowest BCUT2D eigenvalue weighted by Gasteiger charge is -2.25. The van der Waals surface area contributed by atoms with Crippen LogP contribution >= 0.6 is 0 Å². The second-order valence-corrected chi connectivity index (χ2v) is 5.51. The number of amides is 1. The quantitative estimate of drug-likeness (QED) is 0.744. The van der Waals surface area contributed by atoms with Crippen LogP contribution in [0.4, 0.5) is 0 Å². The third-order valence-corrected chi connectivity index (χ3v) is 3.52. The molecule has 0 radical (unpaired) electrons. The zero-order chi connectivity index (χ0) is 11.5. The second-order valence-electron chi connectivity index (χ2n) is 5.51. The van der Waals surface area contributed by atoms with Gasteiger partial charge in [0, 0.05) is 6.54 Å². The number of nitrogens with two attached hydrogens (primary N) is 1. The molecule has 0 bridgehead atoms. The van der Waals surface area contributed by atoms with Crippen LogP contribution in [-0.2, 0) is 4.79 Å². The molecule has 1 rings (SSSR count). The maximum absolute atomic E-state index is 11.6. The number of carbonyl (C=O) groups excluding carboxylic acids is 1. The van der Waals surface area contributed by atoms with Crippen molar-refractivity contribution in [2.75, 3.05) is 6.54 Å². The summed E-state index contributed by atoms with van der Waals surface area (Å²) >= 11 is 0. The number of nitrogens with one attached hydrogen (secondary N) is 1. The fraction of sp³-hybridized carbons (Fsp3) is 0.917. The molecular formula is C12H24N2O. The van der Waals surface area contributed by atoms with Gasteiger partial charge in [-0.3, -0.25) is 4.79 Å². The van der Waals surface area contributed by atoms with Crippen molar-refractivity contribution in [2.24, 2.45) is 17.1 Å². The molecule has 0 aromatic rings. The fourth-order valence-electron chi connectivity index (χ4n) is 2.13. The van der Waals surface area contributed by atoms with E-state index in [-0.39, 0.29) is 17.9 Å². The minimum atomic E-state index is -0.366. The maximum Gasteiger partial charge on any atom is 0.237 e. The van der Waals surface area contributed by atoms with Crippen LogP contribution in [0.2, 0.25) is 0 Å². The van der Waals surface area contributed by atoms with Gasteiger partial charge in [-0.15, -0.1) is 0 Å². The van der Waals surface area contributed by atoms with E-state index in [1.165, 1.54) is 25.7 Å². The highest BCUT2D eigenvalue weighted by atomic mass is 16.2. The summed E-state index contributed by atoms with van der Waals surface area (Å²) in [6.07, 6.45) is 5.04. The van der Waals surface area contributed by atoms with Gasteiger partial charge in [0.25, 0.3) is 0 Å². The lowest BCUT2D eigenvalue weighted by atomic mass is 9.88. The molecule has 3 nitrogen and oxygen atoms in total. The SMILES string of the molecule is CC(C)[C@H](N)C(=O)NCC1(C)CCCC1. The molecule has 88 valence electrons. The van der Waals surface area contributed by atoms with Crippen LogP contribution in [0, 0.1) is 11.3 Å². The number of hydrogen-bond donors (Lipinski definition) is 2. The Kier molecular flexibility index (Phi) is 4.14. The van der Waals surface area contributed by atoms with Crippen LogP contribution in [-0.4, -0.2) is 18.5 Å². The Bertz CT molecular complexity index is 220. The Balaban J connectivity index is 2.33. The summed E-state index contributed by atoms with van der Waals surface area (Å²) < 4.78 is 0. The van der Waals surface area contributed by atoms with Gasteiger partial charge in [-0.2, -0.15) is 0 Å². The van der Waals surface area contributed by atoms with Gasteiger partial charge < -0.3 is 11.1 Å². The molecule has 1 atom stereocenters. The van der Waals surface area contributed by atoms with Gasteiger partial charge in [0.1, 0.15) is 0 Å². The molecule has 0 unspecified atom stereocenters. The van der Waals surface area contributed by atoms with Crippen molar-refractivity contribution in [1.82, 2.24) is 5.32 Å². The largest absolute Gasteiger partial charge is 0.354 e. The Morgan fingerprint density at radius 2 is 1.93 bits per heavy atom. The van der Waals surface area contributed by atoms with E-state index in [0.717, 1.165) is 6.54 Å². The van der Waals surface area contributed by atoms with E-state index < -0.39 is 0 Å². The lowest BCUT2D eigenvalue weighted by Crippen LogP contribution is -2.46. The smallest absolute Gasteiger partial charge is 0.237 e. The summed E-state index contributed by atoms with van der Waals surface area (Å²) in [5.41, 5.74) is 6.09. The Hall–Kier alpha value is -0.570. The predicted octanol–water partition coefficient (Wildman–Crippen LogP) is 1.67. The molecule has 0 saturated heterocycles. The van der Waals surface area contributed by atoms with Crippen LogP contribution in [0.1, 0.15) is 46.5 Å². The Morgan fingerprint density at radius 1 is 1.40 bits per heavy atom. The zero-order valence-corrected chi connectivity index (χ0v) is 10.2. The minimum Gasteiger partial charge on any atom is -0.354 e. The molecular weight excluding hydrogens is 188 g/mol. The first kappa shape index (κ1) is 12.5. The van der Waals surface area contributed by atoms with Gasteiger partial charge in [0.05, 0.1) is 6.04 Å². The van der Waals surface area contributed by atoms with Gasteiger partial charge >= 0.3 is 0 Å². The monoisotopic (exact) mass is 212 g/mol. The fourth-order valence-corrected chi connectivity index (χ4v) is 2.13. The molecule has 1 fully saturated rings. The average molecular weight is 212 g/mol. The Labute approximate surface area is 92.8 Å². The molecule has 0 aliphatic heterocycles. The molecule has 15 heavy (non-hydrogen) atoms. The van der Waals surface area contributed by atoms with Gasteiger partial charge in [-0.05, 0) is 24.2 Å². The molecule has 0 aromatic carbocycles. The summed E-state index contributed by atoms with van der Waals surface area (Å²) in [7, 11) is 0. The summed E-state index contributed by atoms with van der Waals surface area (Å²) in [6, 6.07) is -0.366. The van der Waals surface area contributed by atoms with Crippen molar-refractivity contribution in [1.29, 1.82) is 0 Å². The molecule has 1 aliphatic rings. The average Bonchev–Trinajstić information content (AvgIpc) is 2.61. The molecule has 3 N–H and O–H groups in total. The third-order valence-electron chi connectivity index (χ3n) is 3.52. The summed E-state index contributed by atoms with van der Waals surface area (Å²) in [5.74, 6) is 0.208. The predicted molar refractivity (Wildman–Crippen MR) is 62.4 cm³/mol. The van der Waals surface area contributed by atoms with Crippen molar-refractivity contribution < 1.29 is 4.79 Å². The molecule has 1 amide bonds. The summed E-state index contributed by atoms with van der Waals surface area (Å²) in [6.45, 7) is 6.98. The van der Waals surface area contributed by atoms with Crippen LogP contribution in [0.25, 0.3) is 0 Å². The van der Waals surface area contributed by atoms with Crippen LogP contribution in [0.15, 0.2) is 0 Å². The number of carbonyl (C=O) groups is 1. The highest BCUT2D eigenvalue weighted by Crippen LogP contribution is 2.36. The maximum atomic E-state index is 11.6. The Morgan fingerprint density at radius 3 is 2.40 bits per heavy atom. The van der Waals surface area contributed by atoms with E-state index in [0.29, 0.717) is 5.41 Å². The number of hydrogen-bond acceptors (Lipinski definition) is 2. The van der Waals surface area contributed by atoms with Crippen molar-refractivity contribution in [2.45, 2.75) is 52.5 Å². The lowest BCUT2D eigenvalue weighted by molar-refractivity contribution is -0.123. The van der Waals surface area contributed by atoms with E-state index >= 15 is 0 Å². The first-order chi connectivity index (χ1) is 6.94. The van der Waals surface area contributed by atoms with E-state index in [4.69, 9.17) is 5.73 Å². The molecule has 0 heterocycles.